The van der Waals surface area contributed by atoms with Crippen molar-refractivity contribution in [2.75, 3.05) is 0 Å². The Morgan fingerprint density at radius 1 is 1.43 bits per heavy atom. The highest BCUT2D eigenvalue weighted by Gasteiger charge is 2.19. The van der Waals surface area contributed by atoms with Gasteiger partial charge in [0, 0.05) is 16.1 Å². The summed E-state index contributed by atoms with van der Waals surface area (Å²) in [5.41, 5.74) is 0.198. The van der Waals surface area contributed by atoms with Crippen LogP contribution in [-0.4, -0.2) is 5.78 Å². The minimum atomic E-state index is -2.65. The summed E-state index contributed by atoms with van der Waals surface area (Å²) in [4.78, 5) is 11.2. The Hall–Kier alpha value is -0.960. The maximum absolute atomic E-state index is 12.5. The predicted molar refractivity (Wildman–Crippen MR) is 51.2 cm³/mol. The van der Waals surface area contributed by atoms with Crippen LogP contribution in [0.2, 0.25) is 5.02 Å². The molecule has 0 radical (unpaired) electrons. The fraction of sp³-hybridized carbons (Fsp3) is 0.300. The van der Waals surface area contributed by atoms with E-state index < -0.39 is 6.43 Å². The summed E-state index contributed by atoms with van der Waals surface area (Å²) >= 11 is 5.74. The minimum absolute atomic E-state index is 0.0347. The van der Waals surface area contributed by atoms with E-state index in [1.807, 2.05) is 0 Å². The molecule has 1 aromatic rings. The number of halogens is 3. The molecule has 0 N–H and O–H groups in total. The van der Waals surface area contributed by atoms with Crippen molar-refractivity contribution in [2.24, 2.45) is 0 Å². The van der Waals surface area contributed by atoms with Crippen LogP contribution in [0, 0.1) is 6.92 Å². The van der Waals surface area contributed by atoms with E-state index in [-0.39, 0.29) is 16.9 Å². The molecular weight excluding hydrogens is 210 g/mol. The number of Topliss-reactive ketones (excluding diaryl/α,β-unsaturated/α-hetero) is 1. The average Bonchev–Trinajstić information content (AvgIpc) is 2.08. The van der Waals surface area contributed by atoms with Crippen molar-refractivity contribution in [3.63, 3.8) is 0 Å². The minimum Gasteiger partial charge on any atom is -0.294 e. The van der Waals surface area contributed by atoms with Crippen molar-refractivity contribution < 1.29 is 13.6 Å². The van der Waals surface area contributed by atoms with Crippen LogP contribution in [0.25, 0.3) is 0 Å². The van der Waals surface area contributed by atoms with Gasteiger partial charge in [0.15, 0.2) is 5.78 Å². The van der Waals surface area contributed by atoms with Crippen molar-refractivity contribution in [2.45, 2.75) is 20.3 Å². The van der Waals surface area contributed by atoms with Crippen LogP contribution < -0.4 is 0 Å². The van der Waals surface area contributed by atoms with Gasteiger partial charge in [-0.3, -0.25) is 4.79 Å². The number of hydrogen-bond donors (Lipinski definition) is 0. The number of hydrogen-bond acceptors (Lipinski definition) is 1. The molecule has 0 heterocycles. The van der Waals surface area contributed by atoms with E-state index in [9.17, 15) is 13.6 Å². The topological polar surface area (TPSA) is 17.1 Å². The SMILES string of the molecule is CC(=O)c1c(C(F)F)ccc(Cl)c1C. The maximum Gasteiger partial charge on any atom is 0.264 e. The second-order valence-electron chi connectivity index (χ2n) is 2.99. The van der Waals surface area contributed by atoms with E-state index in [0.717, 1.165) is 0 Å². The van der Waals surface area contributed by atoms with Crippen molar-refractivity contribution >= 4 is 17.4 Å². The number of carbonyl (C=O) groups is 1. The maximum atomic E-state index is 12.5. The highest BCUT2D eigenvalue weighted by molar-refractivity contribution is 6.31. The summed E-state index contributed by atoms with van der Waals surface area (Å²) in [6, 6.07) is 2.57. The van der Waals surface area contributed by atoms with E-state index >= 15 is 0 Å². The van der Waals surface area contributed by atoms with Gasteiger partial charge in [0.05, 0.1) is 0 Å². The Morgan fingerprint density at radius 3 is 2.43 bits per heavy atom. The van der Waals surface area contributed by atoms with Crippen LogP contribution in [0.1, 0.15) is 34.8 Å². The van der Waals surface area contributed by atoms with Crippen LogP contribution in [-0.2, 0) is 0 Å². The van der Waals surface area contributed by atoms with Crippen LogP contribution in [0.3, 0.4) is 0 Å². The zero-order chi connectivity index (χ0) is 10.9. The van der Waals surface area contributed by atoms with Gasteiger partial charge < -0.3 is 0 Å². The lowest BCUT2D eigenvalue weighted by Crippen LogP contribution is -2.03. The lowest BCUT2D eigenvalue weighted by molar-refractivity contribution is 0.0998. The number of ketones is 1. The summed E-state index contributed by atoms with van der Waals surface area (Å²) in [6.45, 7) is 2.81. The standard InChI is InChI=1S/C10H9ClF2O/c1-5-8(11)4-3-7(10(12)13)9(5)6(2)14/h3-4,10H,1-2H3. The molecule has 0 aromatic heterocycles. The molecule has 0 saturated heterocycles. The zero-order valence-corrected chi connectivity index (χ0v) is 8.53. The average molecular weight is 219 g/mol. The molecule has 0 amide bonds. The summed E-state index contributed by atoms with van der Waals surface area (Å²) in [7, 11) is 0. The molecule has 1 rings (SSSR count). The lowest BCUT2D eigenvalue weighted by Gasteiger charge is -2.10. The van der Waals surface area contributed by atoms with Crippen molar-refractivity contribution in [1.29, 1.82) is 0 Å². The largest absolute Gasteiger partial charge is 0.294 e. The van der Waals surface area contributed by atoms with Gasteiger partial charge in [-0.15, -0.1) is 0 Å². The third kappa shape index (κ3) is 1.93. The number of rotatable bonds is 2. The molecular formula is C10H9ClF2O. The van der Waals surface area contributed by atoms with Gasteiger partial charge in [-0.25, -0.2) is 8.78 Å². The lowest BCUT2D eigenvalue weighted by atomic mass is 9.99. The first-order valence-electron chi connectivity index (χ1n) is 4.03. The predicted octanol–water partition coefficient (Wildman–Crippen LogP) is 3.79. The van der Waals surface area contributed by atoms with Gasteiger partial charge in [0.25, 0.3) is 6.43 Å². The van der Waals surface area contributed by atoms with Crippen LogP contribution in [0.4, 0.5) is 8.78 Å². The molecule has 14 heavy (non-hydrogen) atoms. The molecule has 0 aliphatic carbocycles. The molecule has 0 saturated carbocycles. The monoisotopic (exact) mass is 218 g/mol. The second-order valence-corrected chi connectivity index (χ2v) is 3.40. The van der Waals surface area contributed by atoms with Gasteiger partial charge in [0.2, 0.25) is 0 Å². The Labute approximate surface area is 85.7 Å². The first-order chi connectivity index (χ1) is 6.45. The molecule has 0 aliphatic heterocycles. The summed E-state index contributed by atoms with van der Waals surface area (Å²) in [6.07, 6.45) is -2.65. The molecule has 0 spiro atoms. The fourth-order valence-corrected chi connectivity index (χ4v) is 1.51. The van der Waals surface area contributed by atoms with Crippen LogP contribution in [0.15, 0.2) is 12.1 Å². The molecule has 76 valence electrons. The van der Waals surface area contributed by atoms with E-state index in [0.29, 0.717) is 10.6 Å². The van der Waals surface area contributed by atoms with E-state index in [1.165, 1.54) is 19.1 Å². The second kappa shape index (κ2) is 4.05. The Bertz CT molecular complexity index is 375. The molecule has 4 heteroatoms. The van der Waals surface area contributed by atoms with Gasteiger partial charge >= 0.3 is 0 Å². The molecule has 1 aromatic carbocycles. The van der Waals surface area contributed by atoms with E-state index in [4.69, 9.17) is 11.6 Å². The van der Waals surface area contributed by atoms with E-state index in [2.05, 4.69) is 0 Å². The Morgan fingerprint density at radius 2 is 2.00 bits per heavy atom. The quantitative estimate of drug-likeness (QED) is 0.691. The smallest absolute Gasteiger partial charge is 0.264 e. The molecule has 0 fully saturated rings. The van der Waals surface area contributed by atoms with Crippen molar-refractivity contribution in [3.8, 4) is 0 Å². The van der Waals surface area contributed by atoms with Gasteiger partial charge in [0.1, 0.15) is 0 Å². The fourth-order valence-electron chi connectivity index (χ4n) is 1.36. The highest BCUT2D eigenvalue weighted by Crippen LogP contribution is 2.29. The normalized spacial score (nSPS) is 10.7. The number of benzene rings is 1. The number of carbonyl (C=O) groups excluding carboxylic acids is 1. The summed E-state index contributed by atoms with van der Waals surface area (Å²) in [5, 5.41) is 0.333. The van der Waals surface area contributed by atoms with Crippen LogP contribution >= 0.6 is 11.6 Å². The molecule has 0 aliphatic rings. The molecule has 0 bridgehead atoms. The third-order valence-corrected chi connectivity index (χ3v) is 2.43. The summed E-state index contributed by atoms with van der Waals surface area (Å²) in [5.74, 6) is -0.389. The van der Waals surface area contributed by atoms with Crippen LogP contribution in [0.5, 0.6) is 0 Å². The Balaban J connectivity index is 3.45. The number of alkyl halides is 2. The van der Waals surface area contributed by atoms with Gasteiger partial charge in [-0.2, -0.15) is 0 Å². The molecule has 1 nitrogen and oxygen atoms in total. The van der Waals surface area contributed by atoms with Crippen molar-refractivity contribution in [3.05, 3.63) is 33.8 Å². The highest BCUT2D eigenvalue weighted by atomic mass is 35.5. The van der Waals surface area contributed by atoms with Gasteiger partial charge in [-0.05, 0) is 25.5 Å². The zero-order valence-electron chi connectivity index (χ0n) is 7.77. The third-order valence-electron chi connectivity index (χ3n) is 2.02. The summed E-state index contributed by atoms with van der Waals surface area (Å²) < 4.78 is 25.0. The first kappa shape index (κ1) is 11.1. The van der Waals surface area contributed by atoms with Crippen molar-refractivity contribution in [1.82, 2.24) is 0 Å². The molecule has 0 atom stereocenters. The first-order valence-corrected chi connectivity index (χ1v) is 4.41. The van der Waals surface area contributed by atoms with E-state index in [1.54, 1.807) is 6.92 Å². The molecule has 0 unspecified atom stereocenters. The Kier molecular flexibility index (Phi) is 3.21. The van der Waals surface area contributed by atoms with Gasteiger partial charge in [-0.1, -0.05) is 17.7 Å².